The molecule has 0 radical (unpaired) electrons. The molecule has 110 valence electrons. The van der Waals surface area contributed by atoms with Gasteiger partial charge in [-0.05, 0) is 38.1 Å². The van der Waals surface area contributed by atoms with Gasteiger partial charge in [0.05, 0.1) is 0 Å². The molecule has 1 unspecified atom stereocenters. The summed E-state index contributed by atoms with van der Waals surface area (Å²) in [5.41, 5.74) is 0.733. The van der Waals surface area contributed by atoms with Gasteiger partial charge in [0.25, 0.3) is 0 Å². The van der Waals surface area contributed by atoms with Crippen LogP contribution in [0.3, 0.4) is 0 Å². The van der Waals surface area contributed by atoms with E-state index >= 15 is 0 Å². The first-order valence-corrected chi connectivity index (χ1v) is 8.44. The predicted octanol–water partition coefficient (Wildman–Crippen LogP) is 1.94. The molecule has 0 bridgehead atoms. The number of nitrogens with zero attached hydrogens (tertiary/aromatic N) is 2. The van der Waals surface area contributed by atoms with E-state index in [1.807, 2.05) is 0 Å². The molecule has 1 heterocycles. The zero-order valence-corrected chi connectivity index (χ0v) is 12.7. The van der Waals surface area contributed by atoms with E-state index in [9.17, 15) is 0 Å². The van der Waals surface area contributed by atoms with Crippen molar-refractivity contribution in [2.24, 2.45) is 5.41 Å². The van der Waals surface area contributed by atoms with Gasteiger partial charge in [-0.3, -0.25) is 4.90 Å². The summed E-state index contributed by atoms with van der Waals surface area (Å²) in [6.07, 6.45) is 10.4. The summed E-state index contributed by atoms with van der Waals surface area (Å²) in [6.45, 7) is 7.37. The number of piperazine rings is 1. The van der Waals surface area contributed by atoms with Gasteiger partial charge in [-0.25, -0.2) is 0 Å². The van der Waals surface area contributed by atoms with Crippen LogP contribution in [0.15, 0.2) is 0 Å². The number of rotatable bonds is 4. The molecule has 1 saturated heterocycles. The van der Waals surface area contributed by atoms with Crippen molar-refractivity contribution in [1.82, 2.24) is 15.1 Å². The maximum Gasteiger partial charge on any atom is 0.0149 e. The van der Waals surface area contributed by atoms with E-state index in [4.69, 9.17) is 0 Å². The molecule has 2 saturated carbocycles. The second-order valence-corrected chi connectivity index (χ2v) is 7.05. The quantitative estimate of drug-likeness (QED) is 0.838. The number of nitrogens with one attached hydrogen (secondary N) is 1. The minimum atomic E-state index is 0.733. The van der Waals surface area contributed by atoms with Gasteiger partial charge in [0, 0.05) is 45.3 Å². The van der Waals surface area contributed by atoms with Crippen molar-refractivity contribution < 1.29 is 0 Å². The van der Waals surface area contributed by atoms with Gasteiger partial charge < -0.3 is 10.2 Å². The Bertz CT molecular complexity index is 280. The van der Waals surface area contributed by atoms with Gasteiger partial charge in [0.15, 0.2) is 0 Å². The zero-order chi connectivity index (χ0) is 13.1. The Hall–Kier alpha value is -0.120. The summed E-state index contributed by atoms with van der Waals surface area (Å²) in [4.78, 5) is 5.32. The maximum atomic E-state index is 3.44. The molecule has 3 aliphatic rings. The van der Waals surface area contributed by atoms with Crippen molar-refractivity contribution >= 4 is 0 Å². The predicted molar refractivity (Wildman–Crippen MR) is 80.5 cm³/mol. The van der Waals surface area contributed by atoms with Crippen molar-refractivity contribution in [3.63, 3.8) is 0 Å². The summed E-state index contributed by atoms with van der Waals surface area (Å²) in [5.74, 6) is 0. The van der Waals surface area contributed by atoms with Gasteiger partial charge in [-0.2, -0.15) is 0 Å². The Kier molecular flexibility index (Phi) is 4.45. The molecule has 0 aromatic carbocycles. The van der Waals surface area contributed by atoms with Gasteiger partial charge in [-0.1, -0.05) is 19.3 Å². The molecule has 3 rings (SSSR count). The molecule has 1 aliphatic heterocycles. The third kappa shape index (κ3) is 2.98. The fourth-order valence-electron chi connectivity index (χ4n) is 4.60. The largest absolute Gasteiger partial charge is 0.314 e. The van der Waals surface area contributed by atoms with Crippen LogP contribution in [0.1, 0.15) is 44.9 Å². The average Bonchev–Trinajstić information content (AvgIpc) is 2.46. The third-order valence-corrected chi connectivity index (χ3v) is 5.98. The van der Waals surface area contributed by atoms with Gasteiger partial charge in [0.1, 0.15) is 0 Å². The molecule has 2 aliphatic carbocycles. The first-order valence-electron chi connectivity index (χ1n) is 8.44. The van der Waals surface area contributed by atoms with Crippen LogP contribution in [0.25, 0.3) is 0 Å². The lowest BCUT2D eigenvalue weighted by molar-refractivity contribution is -0.0443. The molecule has 0 aromatic heterocycles. The number of likely N-dealkylation sites (N-methyl/N-ethyl adjacent to an activating group) is 1. The summed E-state index contributed by atoms with van der Waals surface area (Å²) in [6, 6.07) is 0.899. The van der Waals surface area contributed by atoms with E-state index in [2.05, 4.69) is 22.2 Å². The van der Waals surface area contributed by atoms with E-state index in [0.717, 1.165) is 11.5 Å². The first kappa shape index (κ1) is 13.8. The second-order valence-electron chi connectivity index (χ2n) is 7.05. The monoisotopic (exact) mass is 265 g/mol. The highest BCUT2D eigenvalue weighted by Crippen LogP contribution is 2.53. The van der Waals surface area contributed by atoms with Crippen molar-refractivity contribution in [3.05, 3.63) is 0 Å². The van der Waals surface area contributed by atoms with Crippen LogP contribution >= 0.6 is 0 Å². The Morgan fingerprint density at radius 2 is 1.84 bits per heavy atom. The van der Waals surface area contributed by atoms with E-state index in [1.165, 1.54) is 84.2 Å². The highest BCUT2D eigenvalue weighted by Gasteiger charge is 2.48. The van der Waals surface area contributed by atoms with E-state index in [-0.39, 0.29) is 0 Å². The molecule has 3 fully saturated rings. The van der Waals surface area contributed by atoms with E-state index < -0.39 is 0 Å². The van der Waals surface area contributed by atoms with Gasteiger partial charge in [0.2, 0.25) is 0 Å². The minimum Gasteiger partial charge on any atom is -0.314 e. The third-order valence-electron chi connectivity index (χ3n) is 5.98. The fourth-order valence-corrected chi connectivity index (χ4v) is 4.60. The van der Waals surface area contributed by atoms with Crippen LogP contribution in [0.2, 0.25) is 0 Å². The molecular weight excluding hydrogens is 234 g/mol. The molecule has 0 amide bonds. The van der Waals surface area contributed by atoms with Crippen molar-refractivity contribution in [1.29, 1.82) is 0 Å². The lowest BCUT2D eigenvalue weighted by Crippen LogP contribution is -2.56. The molecule has 1 atom stereocenters. The summed E-state index contributed by atoms with van der Waals surface area (Å²) in [7, 11) is 2.38. The van der Waals surface area contributed by atoms with E-state index in [0.29, 0.717) is 0 Å². The molecular formula is C16H31N3. The smallest absolute Gasteiger partial charge is 0.0149 e. The fraction of sp³-hybridized carbons (Fsp3) is 1.00. The van der Waals surface area contributed by atoms with Gasteiger partial charge in [-0.15, -0.1) is 0 Å². The number of hydrogen-bond donors (Lipinski definition) is 1. The molecule has 3 nitrogen and oxygen atoms in total. The highest BCUT2D eigenvalue weighted by molar-refractivity contribution is 5.02. The lowest BCUT2D eigenvalue weighted by Gasteiger charge is -2.56. The van der Waals surface area contributed by atoms with Crippen molar-refractivity contribution in [3.8, 4) is 0 Å². The van der Waals surface area contributed by atoms with Crippen LogP contribution in [0, 0.1) is 5.41 Å². The molecule has 1 spiro atoms. The van der Waals surface area contributed by atoms with Crippen molar-refractivity contribution in [2.45, 2.75) is 51.0 Å². The minimum absolute atomic E-state index is 0.733. The molecule has 19 heavy (non-hydrogen) atoms. The summed E-state index contributed by atoms with van der Waals surface area (Å²) in [5, 5.41) is 3.44. The second kappa shape index (κ2) is 6.11. The summed E-state index contributed by atoms with van der Waals surface area (Å²) >= 11 is 0. The number of hydrogen-bond acceptors (Lipinski definition) is 3. The zero-order valence-electron chi connectivity index (χ0n) is 12.7. The SMILES string of the molecule is CN(CCN1CCNCC1)C1CCC12CCCCC2. The summed E-state index contributed by atoms with van der Waals surface area (Å²) < 4.78 is 0. The van der Waals surface area contributed by atoms with Gasteiger partial charge >= 0.3 is 0 Å². The van der Waals surface area contributed by atoms with Crippen LogP contribution < -0.4 is 5.32 Å². The molecule has 0 aromatic rings. The maximum absolute atomic E-state index is 3.44. The highest BCUT2D eigenvalue weighted by atomic mass is 15.2. The Morgan fingerprint density at radius 1 is 1.11 bits per heavy atom. The lowest BCUT2D eigenvalue weighted by atomic mass is 9.57. The molecule has 1 N–H and O–H groups in total. The Labute approximate surface area is 118 Å². The molecule has 3 heteroatoms. The van der Waals surface area contributed by atoms with Crippen LogP contribution in [-0.4, -0.2) is 62.2 Å². The van der Waals surface area contributed by atoms with E-state index in [1.54, 1.807) is 0 Å². The topological polar surface area (TPSA) is 18.5 Å². The first-order chi connectivity index (χ1) is 9.30. The standard InChI is InChI=1S/C16H31N3/c1-18(13-14-19-11-9-17-10-12-19)15-5-8-16(15)6-3-2-4-7-16/h15,17H,2-14H2,1H3. The normalized spacial score (nSPS) is 31.6. The van der Waals surface area contributed by atoms with Crippen molar-refractivity contribution in [2.75, 3.05) is 46.3 Å². The Morgan fingerprint density at radius 3 is 2.47 bits per heavy atom. The Balaban J connectivity index is 1.45. The van der Waals surface area contributed by atoms with Crippen LogP contribution in [0.5, 0.6) is 0 Å². The van der Waals surface area contributed by atoms with Crippen LogP contribution in [-0.2, 0) is 0 Å². The van der Waals surface area contributed by atoms with Crippen LogP contribution in [0.4, 0.5) is 0 Å². The average molecular weight is 265 g/mol.